The minimum absolute atomic E-state index is 0.197. The van der Waals surface area contributed by atoms with Crippen LogP contribution in [0.4, 0.5) is 17.6 Å². The first kappa shape index (κ1) is 17.7. The highest BCUT2D eigenvalue weighted by atomic mass is 79.9. The lowest BCUT2D eigenvalue weighted by Crippen LogP contribution is -2.33. The van der Waals surface area contributed by atoms with Gasteiger partial charge in [0.25, 0.3) is 0 Å². The number of ketones is 1. The number of carbonyl (C=O) groups excluding carboxylic acids is 1. The molecule has 1 aromatic rings. The molecule has 3 nitrogen and oxygen atoms in total. The molecule has 0 saturated carbocycles. The van der Waals surface area contributed by atoms with E-state index in [1.54, 1.807) is 6.92 Å². The Balaban J connectivity index is 3.08. The van der Waals surface area contributed by atoms with Gasteiger partial charge >= 0.3 is 12.5 Å². The fraction of sp³-hybridized carbons (Fsp3) is 0.462. The predicted molar refractivity (Wildman–Crippen MR) is 71.9 cm³/mol. The van der Waals surface area contributed by atoms with Gasteiger partial charge in [0.15, 0.2) is 17.3 Å². The number of methoxy groups -OCH3 is 1. The van der Waals surface area contributed by atoms with Crippen LogP contribution in [-0.4, -0.2) is 30.3 Å². The zero-order valence-corrected chi connectivity index (χ0v) is 12.8. The molecule has 0 fully saturated rings. The highest BCUT2D eigenvalue weighted by molar-refractivity contribution is 9.10. The number of hydrogen-bond acceptors (Lipinski definition) is 3. The number of rotatable bonds is 7. The third-order valence-electron chi connectivity index (χ3n) is 2.59. The highest BCUT2D eigenvalue weighted by Crippen LogP contribution is 2.35. The summed E-state index contributed by atoms with van der Waals surface area (Å²) in [4.78, 5) is 11.5. The van der Waals surface area contributed by atoms with E-state index in [9.17, 15) is 22.4 Å². The molecule has 1 aromatic carbocycles. The third kappa shape index (κ3) is 4.33. The molecule has 0 aliphatic heterocycles. The van der Waals surface area contributed by atoms with Crippen LogP contribution in [0.25, 0.3) is 0 Å². The zero-order valence-electron chi connectivity index (χ0n) is 11.2. The lowest BCUT2D eigenvalue weighted by atomic mass is 10.1. The fourth-order valence-electron chi connectivity index (χ4n) is 1.46. The molecular formula is C13H13BrF4O3. The molecule has 0 aromatic heterocycles. The molecule has 118 valence electrons. The second-order valence-electron chi connectivity index (χ2n) is 4.07. The van der Waals surface area contributed by atoms with Gasteiger partial charge in [-0.1, -0.05) is 22.9 Å². The largest absolute Gasteiger partial charge is 0.493 e. The Labute approximate surface area is 127 Å². The minimum Gasteiger partial charge on any atom is -0.493 e. The number of benzene rings is 1. The van der Waals surface area contributed by atoms with Gasteiger partial charge in [0.2, 0.25) is 0 Å². The minimum atomic E-state index is -4.64. The van der Waals surface area contributed by atoms with Crippen LogP contribution in [0, 0.1) is 0 Å². The van der Waals surface area contributed by atoms with Crippen LogP contribution < -0.4 is 9.47 Å². The van der Waals surface area contributed by atoms with Crippen molar-refractivity contribution in [3.8, 4) is 11.5 Å². The molecular weight excluding hydrogens is 360 g/mol. The Kier molecular flexibility index (Phi) is 6.00. The van der Waals surface area contributed by atoms with Crippen molar-refractivity contribution in [2.24, 2.45) is 0 Å². The molecule has 1 unspecified atom stereocenters. The van der Waals surface area contributed by atoms with Crippen LogP contribution in [0.1, 0.15) is 23.7 Å². The van der Waals surface area contributed by atoms with Gasteiger partial charge in [0, 0.05) is 5.56 Å². The number of alkyl halides is 5. The summed E-state index contributed by atoms with van der Waals surface area (Å²) < 4.78 is 58.8. The Morgan fingerprint density at radius 1 is 1.33 bits per heavy atom. The van der Waals surface area contributed by atoms with E-state index < -0.39 is 23.1 Å². The molecule has 0 bridgehead atoms. The average molecular weight is 373 g/mol. The van der Waals surface area contributed by atoms with E-state index in [4.69, 9.17) is 4.74 Å². The van der Waals surface area contributed by atoms with E-state index >= 15 is 0 Å². The van der Waals surface area contributed by atoms with Crippen molar-refractivity contribution in [1.29, 1.82) is 0 Å². The quantitative estimate of drug-likeness (QED) is 0.407. The molecule has 1 atom stereocenters. The van der Waals surface area contributed by atoms with Crippen LogP contribution in [0.2, 0.25) is 0 Å². The molecule has 8 heteroatoms. The van der Waals surface area contributed by atoms with E-state index in [0.29, 0.717) is 6.42 Å². The molecule has 0 radical (unpaired) electrons. The van der Waals surface area contributed by atoms with E-state index in [1.165, 1.54) is 12.1 Å². The molecule has 0 saturated heterocycles. The molecule has 0 aliphatic rings. The van der Waals surface area contributed by atoms with E-state index in [0.717, 1.165) is 13.2 Å². The van der Waals surface area contributed by atoms with E-state index in [-0.39, 0.29) is 17.1 Å². The summed E-state index contributed by atoms with van der Waals surface area (Å²) in [5.41, 5.74) is 0.197. The van der Waals surface area contributed by atoms with Gasteiger partial charge in [-0.15, -0.1) is 0 Å². The second-order valence-corrected chi connectivity index (χ2v) is 5.18. The molecule has 0 heterocycles. The third-order valence-corrected chi connectivity index (χ3v) is 3.65. The van der Waals surface area contributed by atoms with Crippen LogP contribution >= 0.6 is 15.9 Å². The number of carbonyl (C=O) groups is 1. The molecule has 0 amide bonds. The Morgan fingerprint density at radius 3 is 2.43 bits per heavy atom. The summed E-state index contributed by atoms with van der Waals surface area (Å²) in [6.07, 6.45) is -8.08. The van der Waals surface area contributed by atoms with Crippen LogP contribution in [0.15, 0.2) is 18.2 Å². The highest BCUT2D eigenvalue weighted by Gasteiger charge is 2.44. The van der Waals surface area contributed by atoms with Crippen molar-refractivity contribution in [3.05, 3.63) is 23.8 Å². The van der Waals surface area contributed by atoms with Gasteiger partial charge < -0.3 is 9.47 Å². The monoisotopic (exact) mass is 372 g/mol. The van der Waals surface area contributed by atoms with E-state index in [1.807, 2.05) is 0 Å². The smallest absolute Gasteiger partial charge is 0.461 e. The topological polar surface area (TPSA) is 35.5 Å². The molecule has 0 aliphatic carbocycles. The summed E-state index contributed by atoms with van der Waals surface area (Å²) in [7, 11) is 1.16. The first-order valence-electron chi connectivity index (χ1n) is 5.94. The lowest BCUT2D eigenvalue weighted by Gasteiger charge is -2.19. The first-order valence-corrected chi connectivity index (χ1v) is 6.85. The Morgan fingerprint density at radius 2 is 1.95 bits per heavy atom. The summed E-state index contributed by atoms with van der Waals surface area (Å²) in [5, 5.41) is 0. The Bertz CT molecular complexity index is 508. The number of ether oxygens (including phenoxy) is 2. The predicted octanol–water partition coefficient (Wildman–Crippen LogP) is 4.29. The summed E-state index contributed by atoms with van der Waals surface area (Å²) >= 11 is 3.17. The Hall–Kier alpha value is -1.31. The standard InChI is InChI=1S/C13H13BrF4O3/c1-3-8(14)11(19)7-4-5-9(10(6-7)20-2)21-13(17,18)12(15)16/h4-6,8,12H,3H2,1-2H3. The lowest BCUT2D eigenvalue weighted by molar-refractivity contribution is -0.253. The van der Waals surface area contributed by atoms with Gasteiger partial charge in [0.05, 0.1) is 11.9 Å². The maximum absolute atomic E-state index is 12.9. The SMILES string of the molecule is CCC(Br)C(=O)c1ccc(OC(F)(F)C(F)F)c(OC)c1. The van der Waals surface area contributed by atoms with Crippen LogP contribution in [0.3, 0.4) is 0 Å². The van der Waals surface area contributed by atoms with Gasteiger partial charge in [-0.3, -0.25) is 4.79 Å². The molecule has 0 N–H and O–H groups in total. The van der Waals surface area contributed by atoms with Crippen molar-refractivity contribution in [1.82, 2.24) is 0 Å². The van der Waals surface area contributed by atoms with Crippen molar-refractivity contribution < 1.29 is 31.8 Å². The van der Waals surface area contributed by atoms with Gasteiger partial charge in [0.1, 0.15) is 0 Å². The van der Waals surface area contributed by atoms with Crippen molar-refractivity contribution in [2.75, 3.05) is 7.11 Å². The van der Waals surface area contributed by atoms with Crippen molar-refractivity contribution in [2.45, 2.75) is 30.7 Å². The molecule has 1 rings (SSSR count). The molecule has 0 spiro atoms. The summed E-state index contributed by atoms with van der Waals surface area (Å²) in [5.74, 6) is -1.07. The number of hydrogen-bond donors (Lipinski definition) is 0. The number of halogens is 5. The molecule has 21 heavy (non-hydrogen) atoms. The van der Waals surface area contributed by atoms with E-state index in [2.05, 4.69) is 20.7 Å². The average Bonchev–Trinajstić information content (AvgIpc) is 2.45. The second kappa shape index (κ2) is 7.11. The van der Waals surface area contributed by atoms with Crippen molar-refractivity contribution in [3.63, 3.8) is 0 Å². The van der Waals surface area contributed by atoms with Crippen LogP contribution in [-0.2, 0) is 0 Å². The zero-order chi connectivity index (χ0) is 16.2. The van der Waals surface area contributed by atoms with Gasteiger partial charge in [-0.25, -0.2) is 0 Å². The maximum atomic E-state index is 12.9. The maximum Gasteiger partial charge on any atom is 0.461 e. The first-order chi connectivity index (χ1) is 9.72. The van der Waals surface area contributed by atoms with Crippen molar-refractivity contribution >= 4 is 21.7 Å². The number of Topliss-reactive ketones (excluding diaryl/α,β-unsaturated/α-hetero) is 1. The normalized spacial score (nSPS) is 13.1. The van der Waals surface area contributed by atoms with Gasteiger partial charge in [-0.05, 0) is 24.6 Å². The fourth-order valence-corrected chi connectivity index (χ4v) is 1.73. The summed E-state index contributed by atoms with van der Waals surface area (Å²) in [6.45, 7) is 1.79. The van der Waals surface area contributed by atoms with Crippen LogP contribution in [0.5, 0.6) is 11.5 Å². The summed E-state index contributed by atoms with van der Waals surface area (Å²) in [6, 6.07) is 3.38. The van der Waals surface area contributed by atoms with Gasteiger partial charge in [-0.2, -0.15) is 17.6 Å².